The number of halogens is 2. The van der Waals surface area contributed by atoms with Crippen LogP contribution in [0.5, 0.6) is 17.2 Å². The molecule has 1 aliphatic rings. The average Bonchev–Trinajstić information content (AvgIpc) is 2.70. The molecule has 0 saturated carbocycles. The molecule has 2 heterocycles. The standard InChI is InChI=1S/C20H22Cl2N2O3/c1-12(4-3-5-13-6-7-14(27-2)10-23-13)24-9-8-15-16(11-24)18(22)20(26)19(25)17(15)21/h6-7,10,25-26H,1,3-5,8-9,11H2,2H3. The maximum atomic E-state index is 9.95. The van der Waals surface area contributed by atoms with Crippen molar-refractivity contribution < 1.29 is 14.9 Å². The first-order valence-electron chi connectivity index (χ1n) is 8.74. The monoisotopic (exact) mass is 408 g/mol. The summed E-state index contributed by atoms with van der Waals surface area (Å²) < 4.78 is 5.12. The average molecular weight is 409 g/mol. The maximum Gasteiger partial charge on any atom is 0.178 e. The van der Waals surface area contributed by atoms with Gasteiger partial charge in [-0.2, -0.15) is 0 Å². The van der Waals surface area contributed by atoms with E-state index in [1.54, 1.807) is 13.3 Å². The minimum atomic E-state index is -0.363. The van der Waals surface area contributed by atoms with E-state index in [9.17, 15) is 10.2 Å². The van der Waals surface area contributed by atoms with E-state index in [1.807, 2.05) is 12.1 Å². The molecular weight excluding hydrogens is 387 g/mol. The number of benzene rings is 1. The molecular formula is C20H22Cl2N2O3. The lowest BCUT2D eigenvalue weighted by Crippen LogP contribution is -2.30. The molecule has 0 bridgehead atoms. The third kappa shape index (κ3) is 4.09. The van der Waals surface area contributed by atoms with Gasteiger partial charge in [0.1, 0.15) is 5.75 Å². The second-order valence-electron chi connectivity index (χ2n) is 6.56. The van der Waals surface area contributed by atoms with Crippen molar-refractivity contribution in [3.8, 4) is 17.2 Å². The van der Waals surface area contributed by atoms with Gasteiger partial charge in [0.2, 0.25) is 0 Å². The van der Waals surface area contributed by atoms with Gasteiger partial charge >= 0.3 is 0 Å². The molecule has 144 valence electrons. The van der Waals surface area contributed by atoms with Crippen LogP contribution in [0.25, 0.3) is 0 Å². The van der Waals surface area contributed by atoms with Crippen LogP contribution >= 0.6 is 23.2 Å². The molecule has 0 aliphatic carbocycles. The van der Waals surface area contributed by atoms with Gasteiger partial charge in [-0.15, -0.1) is 0 Å². The predicted octanol–water partition coefficient (Wildman–Crippen LogP) is 4.70. The summed E-state index contributed by atoms with van der Waals surface area (Å²) in [5, 5.41) is 20.2. The van der Waals surface area contributed by atoms with Crippen molar-refractivity contribution in [2.24, 2.45) is 0 Å². The summed E-state index contributed by atoms with van der Waals surface area (Å²) in [6.45, 7) is 5.46. The summed E-state index contributed by atoms with van der Waals surface area (Å²) in [7, 11) is 1.62. The summed E-state index contributed by atoms with van der Waals surface area (Å²) >= 11 is 12.4. The highest BCUT2D eigenvalue weighted by Gasteiger charge is 2.27. The van der Waals surface area contributed by atoms with E-state index in [0.29, 0.717) is 13.0 Å². The molecule has 0 spiro atoms. The molecule has 1 aliphatic heterocycles. The Hall–Kier alpha value is -2.11. The Kier molecular flexibility index (Phi) is 6.02. The van der Waals surface area contributed by atoms with Gasteiger partial charge in [0.25, 0.3) is 0 Å². The lowest BCUT2D eigenvalue weighted by atomic mass is 9.97. The van der Waals surface area contributed by atoms with Gasteiger partial charge in [0.15, 0.2) is 11.5 Å². The van der Waals surface area contributed by atoms with Gasteiger partial charge in [-0.3, -0.25) is 4.98 Å². The van der Waals surface area contributed by atoms with Gasteiger partial charge in [0.05, 0.1) is 23.4 Å². The van der Waals surface area contributed by atoms with Crippen LogP contribution in [0.2, 0.25) is 10.0 Å². The first kappa shape index (κ1) is 19.6. The van der Waals surface area contributed by atoms with E-state index in [1.165, 1.54) is 0 Å². The summed E-state index contributed by atoms with van der Waals surface area (Å²) in [5.41, 5.74) is 3.57. The number of fused-ring (bicyclic) bond motifs is 1. The molecule has 0 amide bonds. The number of aryl methyl sites for hydroxylation is 1. The van der Waals surface area contributed by atoms with Crippen molar-refractivity contribution in [3.05, 3.63) is 57.5 Å². The number of ether oxygens (including phenoxy) is 1. The van der Waals surface area contributed by atoms with E-state index in [2.05, 4.69) is 16.5 Å². The molecule has 1 aromatic carbocycles. The molecule has 7 heteroatoms. The molecule has 2 aromatic rings. The Morgan fingerprint density at radius 1 is 1.22 bits per heavy atom. The summed E-state index contributed by atoms with van der Waals surface area (Å²) in [5.74, 6) is 0.0399. The SMILES string of the molecule is C=C(CCCc1ccc(OC)cn1)N1CCc2c(Cl)c(O)c(O)c(Cl)c2C1. The number of allylic oxidation sites excluding steroid dienone is 1. The van der Waals surface area contributed by atoms with Gasteiger partial charge < -0.3 is 19.8 Å². The number of phenols is 2. The Morgan fingerprint density at radius 3 is 2.56 bits per heavy atom. The van der Waals surface area contributed by atoms with Crippen molar-refractivity contribution in [2.45, 2.75) is 32.2 Å². The maximum absolute atomic E-state index is 9.95. The van der Waals surface area contributed by atoms with E-state index < -0.39 is 0 Å². The molecule has 5 nitrogen and oxygen atoms in total. The van der Waals surface area contributed by atoms with Gasteiger partial charge in [-0.1, -0.05) is 29.8 Å². The van der Waals surface area contributed by atoms with Crippen molar-refractivity contribution in [1.82, 2.24) is 9.88 Å². The van der Waals surface area contributed by atoms with Crippen LogP contribution < -0.4 is 4.74 Å². The van der Waals surface area contributed by atoms with Crippen LogP contribution in [0.4, 0.5) is 0 Å². The number of nitrogens with zero attached hydrogens (tertiary/aromatic N) is 2. The molecule has 0 radical (unpaired) electrons. The van der Waals surface area contributed by atoms with Crippen molar-refractivity contribution in [2.75, 3.05) is 13.7 Å². The Morgan fingerprint density at radius 2 is 1.93 bits per heavy atom. The fraction of sp³-hybridized carbons (Fsp3) is 0.350. The molecule has 1 aromatic heterocycles. The molecule has 3 rings (SSSR count). The number of aromatic hydroxyl groups is 2. The molecule has 2 N–H and O–H groups in total. The third-order valence-corrected chi connectivity index (χ3v) is 5.71. The van der Waals surface area contributed by atoms with Crippen LogP contribution in [0.3, 0.4) is 0 Å². The normalized spacial score (nSPS) is 13.4. The van der Waals surface area contributed by atoms with Crippen molar-refractivity contribution >= 4 is 23.2 Å². The lowest BCUT2D eigenvalue weighted by Gasteiger charge is -2.33. The number of hydrogen-bond acceptors (Lipinski definition) is 5. The van der Waals surface area contributed by atoms with Crippen LogP contribution in [-0.2, 0) is 19.4 Å². The zero-order valence-corrected chi connectivity index (χ0v) is 16.6. The number of aromatic nitrogens is 1. The minimum Gasteiger partial charge on any atom is -0.503 e. The number of pyridine rings is 1. The van der Waals surface area contributed by atoms with Crippen LogP contribution in [-0.4, -0.2) is 33.8 Å². The smallest absolute Gasteiger partial charge is 0.178 e. The zero-order chi connectivity index (χ0) is 19.6. The van der Waals surface area contributed by atoms with Crippen LogP contribution in [0.1, 0.15) is 29.7 Å². The number of rotatable bonds is 6. The zero-order valence-electron chi connectivity index (χ0n) is 15.1. The molecule has 0 fully saturated rings. The second-order valence-corrected chi connectivity index (χ2v) is 7.32. The topological polar surface area (TPSA) is 65.8 Å². The Bertz CT molecular complexity index is 854. The summed E-state index contributed by atoms with van der Waals surface area (Å²) in [6.07, 6.45) is 4.98. The predicted molar refractivity (Wildman–Crippen MR) is 107 cm³/mol. The van der Waals surface area contributed by atoms with Crippen LogP contribution in [0.15, 0.2) is 30.6 Å². The highest BCUT2D eigenvalue weighted by molar-refractivity contribution is 6.36. The van der Waals surface area contributed by atoms with Crippen molar-refractivity contribution in [3.63, 3.8) is 0 Å². The van der Waals surface area contributed by atoms with Gasteiger partial charge in [-0.25, -0.2) is 0 Å². The molecule has 0 unspecified atom stereocenters. The number of hydrogen-bond donors (Lipinski definition) is 2. The first-order chi connectivity index (χ1) is 12.9. The molecule has 0 saturated heterocycles. The summed E-state index contributed by atoms with van der Waals surface area (Å²) in [6, 6.07) is 3.88. The number of methoxy groups -OCH3 is 1. The number of phenolic OH excluding ortho intramolecular Hbond substituents is 2. The van der Waals surface area contributed by atoms with E-state index in [0.717, 1.165) is 54.1 Å². The fourth-order valence-electron chi connectivity index (χ4n) is 3.28. The van der Waals surface area contributed by atoms with Crippen molar-refractivity contribution in [1.29, 1.82) is 0 Å². The van der Waals surface area contributed by atoms with E-state index in [-0.39, 0.29) is 21.5 Å². The highest BCUT2D eigenvalue weighted by atomic mass is 35.5. The first-order valence-corrected chi connectivity index (χ1v) is 9.50. The van der Waals surface area contributed by atoms with E-state index >= 15 is 0 Å². The molecule has 0 atom stereocenters. The lowest BCUT2D eigenvalue weighted by molar-refractivity contribution is 0.308. The summed E-state index contributed by atoms with van der Waals surface area (Å²) in [4.78, 5) is 6.52. The van der Waals surface area contributed by atoms with Gasteiger partial charge in [0, 0.05) is 24.5 Å². The Labute approximate surface area is 168 Å². The van der Waals surface area contributed by atoms with E-state index in [4.69, 9.17) is 27.9 Å². The molecule has 27 heavy (non-hydrogen) atoms. The van der Waals surface area contributed by atoms with Gasteiger partial charge in [-0.05, 0) is 48.9 Å². The quantitative estimate of drug-likeness (QED) is 0.677. The highest BCUT2D eigenvalue weighted by Crippen LogP contribution is 2.46. The fourth-order valence-corrected chi connectivity index (χ4v) is 3.84. The van der Waals surface area contributed by atoms with Crippen LogP contribution in [0, 0.1) is 0 Å². The largest absolute Gasteiger partial charge is 0.503 e. The second kappa shape index (κ2) is 8.28. The minimum absolute atomic E-state index is 0.159. The Balaban J connectivity index is 1.60. The third-order valence-electron chi connectivity index (χ3n) is 4.89.